The third-order valence-corrected chi connectivity index (χ3v) is 3.99. The molecule has 0 saturated heterocycles. The third kappa shape index (κ3) is 3.22. The molecule has 0 amide bonds. The number of aliphatic hydroxyl groups is 1. The SMILES string of the molecule is CC(O)c1ccc(N(C)C2CCCCCC2)nc1. The zero-order valence-corrected chi connectivity index (χ0v) is 11.5. The number of hydrogen-bond donors (Lipinski definition) is 1. The van der Waals surface area contributed by atoms with Crippen LogP contribution in [-0.2, 0) is 0 Å². The van der Waals surface area contributed by atoms with Crippen LogP contribution in [0.3, 0.4) is 0 Å². The summed E-state index contributed by atoms with van der Waals surface area (Å²) in [7, 11) is 2.14. The van der Waals surface area contributed by atoms with E-state index in [1.165, 1.54) is 38.5 Å². The highest BCUT2D eigenvalue weighted by Gasteiger charge is 2.18. The van der Waals surface area contributed by atoms with Gasteiger partial charge in [0.1, 0.15) is 5.82 Å². The monoisotopic (exact) mass is 248 g/mol. The molecular formula is C15H24N2O. The van der Waals surface area contributed by atoms with Gasteiger partial charge in [0, 0.05) is 19.3 Å². The average Bonchev–Trinajstić information content (AvgIpc) is 2.67. The molecular weight excluding hydrogens is 224 g/mol. The Morgan fingerprint density at radius 1 is 1.22 bits per heavy atom. The first-order valence-corrected chi connectivity index (χ1v) is 7.05. The minimum Gasteiger partial charge on any atom is -0.389 e. The van der Waals surface area contributed by atoms with Gasteiger partial charge in [0.2, 0.25) is 0 Å². The third-order valence-electron chi connectivity index (χ3n) is 3.99. The van der Waals surface area contributed by atoms with E-state index in [9.17, 15) is 5.11 Å². The summed E-state index contributed by atoms with van der Waals surface area (Å²) in [6, 6.07) is 4.62. The van der Waals surface area contributed by atoms with Crippen molar-refractivity contribution in [2.24, 2.45) is 0 Å². The topological polar surface area (TPSA) is 36.4 Å². The van der Waals surface area contributed by atoms with Crippen molar-refractivity contribution in [2.45, 2.75) is 57.6 Å². The molecule has 1 saturated carbocycles. The lowest BCUT2D eigenvalue weighted by Gasteiger charge is -2.28. The molecule has 1 fully saturated rings. The second-order valence-electron chi connectivity index (χ2n) is 5.38. The largest absolute Gasteiger partial charge is 0.389 e. The molecule has 1 aromatic heterocycles. The molecule has 1 aliphatic rings. The van der Waals surface area contributed by atoms with E-state index in [-0.39, 0.29) is 0 Å². The van der Waals surface area contributed by atoms with Crippen LogP contribution in [0.15, 0.2) is 18.3 Å². The molecule has 0 spiro atoms. The van der Waals surface area contributed by atoms with Gasteiger partial charge >= 0.3 is 0 Å². The molecule has 3 heteroatoms. The van der Waals surface area contributed by atoms with E-state index in [1.54, 1.807) is 13.1 Å². The van der Waals surface area contributed by atoms with Crippen LogP contribution < -0.4 is 4.90 Å². The Balaban J connectivity index is 2.05. The van der Waals surface area contributed by atoms with Crippen LogP contribution in [0.25, 0.3) is 0 Å². The van der Waals surface area contributed by atoms with Gasteiger partial charge in [-0.3, -0.25) is 0 Å². The van der Waals surface area contributed by atoms with E-state index >= 15 is 0 Å². The smallest absolute Gasteiger partial charge is 0.128 e. The zero-order valence-electron chi connectivity index (χ0n) is 11.5. The molecule has 0 aromatic carbocycles. The number of aromatic nitrogens is 1. The lowest BCUT2D eigenvalue weighted by Crippen LogP contribution is -2.31. The molecule has 2 rings (SSSR count). The second kappa shape index (κ2) is 6.19. The van der Waals surface area contributed by atoms with Crippen LogP contribution in [0, 0.1) is 0 Å². The van der Waals surface area contributed by atoms with Gasteiger partial charge in [0.05, 0.1) is 6.10 Å². The summed E-state index contributed by atoms with van der Waals surface area (Å²) in [5, 5.41) is 9.49. The van der Waals surface area contributed by atoms with Crippen molar-refractivity contribution in [3.63, 3.8) is 0 Å². The van der Waals surface area contributed by atoms with Gasteiger partial charge < -0.3 is 10.0 Å². The fourth-order valence-electron chi connectivity index (χ4n) is 2.69. The first-order valence-electron chi connectivity index (χ1n) is 7.05. The van der Waals surface area contributed by atoms with Crippen molar-refractivity contribution in [1.82, 2.24) is 4.98 Å². The quantitative estimate of drug-likeness (QED) is 0.834. The van der Waals surface area contributed by atoms with Crippen molar-refractivity contribution in [3.05, 3.63) is 23.9 Å². The minimum absolute atomic E-state index is 0.435. The second-order valence-corrected chi connectivity index (χ2v) is 5.38. The van der Waals surface area contributed by atoms with Crippen LogP contribution in [0.5, 0.6) is 0 Å². The molecule has 1 aliphatic carbocycles. The van der Waals surface area contributed by atoms with Gasteiger partial charge in [-0.2, -0.15) is 0 Å². The molecule has 1 atom stereocenters. The summed E-state index contributed by atoms with van der Waals surface area (Å²) in [4.78, 5) is 6.77. The van der Waals surface area contributed by atoms with Crippen molar-refractivity contribution in [2.75, 3.05) is 11.9 Å². The number of rotatable bonds is 3. The predicted octanol–water partition coefficient (Wildman–Crippen LogP) is 3.29. The van der Waals surface area contributed by atoms with Gasteiger partial charge in [-0.15, -0.1) is 0 Å². The van der Waals surface area contributed by atoms with Crippen molar-refractivity contribution in [1.29, 1.82) is 0 Å². The summed E-state index contributed by atoms with van der Waals surface area (Å²) >= 11 is 0. The summed E-state index contributed by atoms with van der Waals surface area (Å²) in [6.45, 7) is 1.77. The van der Waals surface area contributed by atoms with Crippen molar-refractivity contribution in [3.8, 4) is 0 Å². The van der Waals surface area contributed by atoms with E-state index in [2.05, 4.69) is 16.9 Å². The fourth-order valence-corrected chi connectivity index (χ4v) is 2.69. The maximum atomic E-state index is 9.49. The van der Waals surface area contributed by atoms with E-state index < -0.39 is 6.10 Å². The Labute approximate surface area is 110 Å². The Bertz CT molecular complexity index is 353. The average molecular weight is 248 g/mol. The van der Waals surface area contributed by atoms with E-state index in [0.29, 0.717) is 6.04 Å². The Hall–Kier alpha value is -1.09. The number of nitrogens with zero attached hydrogens (tertiary/aromatic N) is 2. The molecule has 1 unspecified atom stereocenters. The summed E-state index contributed by atoms with van der Waals surface area (Å²) in [6.07, 6.45) is 9.31. The molecule has 0 radical (unpaired) electrons. The normalized spacial score (nSPS) is 19.3. The molecule has 1 aromatic rings. The predicted molar refractivity (Wildman–Crippen MR) is 74.8 cm³/mol. The van der Waals surface area contributed by atoms with E-state index in [4.69, 9.17) is 0 Å². The lowest BCUT2D eigenvalue weighted by molar-refractivity contribution is 0.199. The van der Waals surface area contributed by atoms with Gasteiger partial charge in [-0.1, -0.05) is 31.7 Å². The van der Waals surface area contributed by atoms with Gasteiger partial charge in [-0.05, 0) is 31.4 Å². The van der Waals surface area contributed by atoms with Crippen molar-refractivity contribution >= 4 is 5.82 Å². The van der Waals surface area contributed by atoms with Gasteiger partial charge in [0.25, 0.3) is 0 Å². The Morgan fingerprint density at radius 3 is 2.39 bits per heavy atom. The highest BCUT2D eigenvalue weighted by atomic mass is 16.3. The standard InChI is InChI=1S/C15H24N2O/c1-12(18)13-9-10-15(16-11-13)17(2)14-7-5-3-4-6-8-14/h9-12,14,18H,3-8H2,1-2H3. The fraction of sp³-hybridized carbons (Fsp3) is 0.667. The van der Waals surface area contributed by atoms with Crippen LogP contribution in [0.2, 0.25) is 0 Å². The molecule has 1 heterocycles. The van der Waals surface area contributed by atoms with E-state index in [1.807, 2.05) is 12.1 Å². The molecule has 1 N–H and O–H groups in total. The maximum Gasteiger partial charge on any atom is 0.128 e. The molecule has 3 nitrogen and oxygen atoms in total. The number of aliphatic hydroxyl groups excluding tert-OH is 1. The van der Waals surface area contributed by atoms with Crippen molar-refractivity contribution < 1.29 is 5.11 Å². The summed E-state index contributed by atoms with van der Waals surface area (Å²) in [5.41, 5.74) is 0.882. The first kappa shape index (κ1) is 13.3. The van der Waals surface area contributed by atoms with Gasteiger partial charge in [0.15, 0.2) is 0 Å². The van der Waals surface area contributed by atoms with Crippen LogP contribution in [-0.4, -0.2) is 23.2 Å². The van der Waals surface area contributed by atoms with Crippen LogP contribution >= 0.6 is 0 Å². The molecule has 0 bridgehead atoms. The Kier molecular flexibility index (Phi) is 4.59. The van der Waals surface area contributed by atoms with E-state index in [0.717, 1.165) is 11.4 Å². The highest BCUT2D eigenvalue weighted by Crippen LogP contribution is 2.24. The summed E-state index contributed by atoms with van der Waals surface area (Å²) < 4.78 is 0. The zero-order chi connectivity index (χ0) is 13.0. The lowest BCUT2D eigenvalue weighted by atomic mass is 10.1. The summed E-state index contributed by atoms with van der Waals surface area (Å²) in [5.74, 6) is 1.02. The number of hydrogen-bond acceptors (Lipinski definition) is 3. The number of anilines is 1. The number of pyridine rings is 1. The molecule has 0 aliphatic heterocycles. The maximum absolute atomic E-state index is 9.49. The molecule has 100 valence electrons. The molecule has 18 heavy (non-hydrogen) atoms. The van der Waals surface area contributed by atoms with Crippen LogP contribution in [0.4, 0.5) is 5.82 Å². The minimum atomic E-state index is -0.435. The highest BCUT2D eigenvalue weighted by molar-refractivity contribution is 5.39. The Morgan fingerprint density at radius 2 is 1.89 bits per heavy atom. The van der Waals surface area contributed by atoms with Gasteiger partial charge in [-0.25, -0.2) is 4.98 Å². The van der Waals surface area contributed by atoms with Crippen LogP contribution in [0.1, 0.15) is 57.1 Å². The first-order chi connectivity index (χ1) is 8.68.